The number of likely N-dealkylation sites (N-methyl/N-ethyl adjacent to an activating group) is 1. The SMILES string of the molecule is CCCC1CC(O)(CNC)CCO1. The van der Waals surface area contributed by atoms with Crippen molar-refractivity contribution >= 4 is 0 Å². The lowest BCUT2D eigenvalue weighted by molar-refractivity contribution is -0.103. The number of ether oxygens (including phenoxy) is 1. The average molecular weight is 187 g/mol. The van der Waals surface area contributed by atoms with Crippen molar-refractivity contribution in [1.82, 2.24) is 5.32 Å². The van der Waals surface area contributed by atoms with Gasteiger partial charge in [0.05, 0.1) is 11.7 Å². The van der Waals surface area contributed by atoms with E-state index in [0.717, 1.165) is 25.7 Å². The van der Waals surface area contributed by atoms with E-state index in [4.69, 9.17) is 4.74 Å². The van der Waals surface area contributed by atoms with Crippen LogP contribution in [0.4, 0.5) is 0 Å². The molecular formula is C10H21NO2. The Labute approximate surface area is 80.5 Å². The minimum absolute atomic E-state index is 0.261. The van der Waals surface area contributed by atoms with Gasteiger partial charge in [-0.3, -0.25) is 0 Å². The van der Waals surface area contributed by atoms with Gasteiger partial charge in [0.1, 0.15) is 0 Å². The Morgan fingerprint density at radius 3 is 3.00 bits per heavy atom. The third kappa shape index (κ3) is 3.25. The average Bonchev–Trinajstić information content (AvgIpc) is 2.04. The minimum Gasteiger partial charge on any atom is -0.388 e. The molecule has 2 atom stereocenters. The van der Waals surface area contributed by atoms with Crippen molar-refractivity contribution in [2.24, 2.45) is 0 Å². The molecule has 0 spiro atoms. The second kappa shape index (κ2) is 4.94. The monoisotopic (exact) mass is 187 g/mol. The number of hydrogen-bond donors (Lipinski definition) is 2. The molecule has 3 nitrogen and oxygen atoms in total. The fraction of sp³-hybridized carbons (Fsp3) is 1.00. The summed E-state index contributed by atoms with van der Waals surface area (Å²) < 4.78 is 5.57. The van der Waals surface area contributed by atoms with Gasteiger partial charge in [-0.15, -0.1) is 0 Å². The van der Waals surface area contributed by atoms with Gasteiger partial charge in [-0.1, -0.05) is 13.3 Å². The van der Waals surface area contributed by atoms with Gasteiger partial charge in [-0.25, -0.2) is 0 Å². The third-order valence-electron chi connectivity index (χ3n) is 2.65. The van der Waals surface area contributed by atoms with Crippen molar-refractivity contribution in [3.63, 3.8) is 0 Å². The van der Waals surface area contributed by atoms with Gasteiger partial charge in [0, 0.05) is 26.0 Å². The first kappa shape index (κ1) is 11.0. The fourth-order valence-electron chi connectivity index (χ4n) is 2.00. The van der Waals surface area contributed by atoms with Crippen LogP contribution in [0.5, 0.6) is 0 Å². The Morgan fingerprint density at radius 2 is 2.38 bits per heavy atom. The molecule has 1 heterocycles. The van der Waals surface area contributed by atoms with Crippen molar-refractivity contribution < 1.29 is 9.84 Å². The summed E-state index contributed by atoms with van der Waals surface area (Å²) in [5.74, 6) is 0. The van der Waals surface area contributed by atoms with Crippen molar-refractivity contribution in [3.05, 3.63) is 0 Å². The highest BCUT2D eigenvalue weighted by molar-refractivity contribution is 4.87. The van der Waals surface area contributed by atoms with Gasteiger partial charge in [-0.05, 0) is 13.5 Å². The van der Waals surface area contributed by atoms with Crippen LogP contribution in [0.3, 0.4) is 0 Å². The van der Waals surface area contributed by atoms with Gasteiger partial charge >= 0.3 is 0 Å². The zero-order valence-corrected chi connectivity index (χ0v) is 8.68. The molecule has 0 aromatic rings. The molecule has 1 aliphatic heterocycles. The summed E-state index contributed by atoms with van der Waals surface area (Å²) in [5.41, 5.74) is -0.535. The lowest BCUT2D eigenvalue weighted by Crippen LogP contribution is -2.47. The second-order valence-corrected chi connectivity index (χ2v) is 3.99. The summed E-state index contributed by atoms with van der Waals surface area (Å²) >= 11 is 0. The van der Waals surface area contributed by atoms with Crippen molar-refractivity contribution in [3.8, 4) is 0 Å². The first-order valence-corrected chi connectivity index (χ1v) is 5.19. The summed E-state index contributed by atoms with van der Waals surface area (Å²) in [6, 6.07) is 0. The lowest BCUT2D eigenvalue weighted by Gasteiger charge is -2.36. The maximum Gasteiger partial charge on any atom is 0.0818 e. The van der Waals surface area contributed by atoms with Gasteiger partial charge in [0.15, 0.2) is 0 Å². The lowest BCUT2D eigenvalue weighted by atomic mass is 9.89. The Hall–Kier alpha value is -0.120. The van der Waals surface area contributed by atoms with Crippen LogP contribution >= 0.6 is 0 Å². The molecule has 0 bridgehead atoms. The first-order chi connectivity index (χ1) is 6.20. The Kier molecular flexibility index (Phi) is 4.16. The van der Waals surface area contributed by atoms with Crippen LogP contribution in [0.15, 0.2) is 0 Å². The van der Waals surface area contributed by atoms with Crippen LogP contribution in [0.2, 0.25) is 0 Å². The van der Waals surface area contributed by atoms with E-state index in [1.54, 1.807) is 0 Å². The van der Waals surface area contributed by atoms with E-state index < -0.39 is 5.60 Å². The van der Waals surface area contributed by atoms with Crippen LogP contribution in [0.25, 0.3) is 0 Å². The molecular weight excluding hydrogens is 166 g/mol. The molecule has 0 aliphatic carbocycles. The molecule has 0 saturated carbocycles. The van der Waals surface area contributed by atoms with Crippen LogP contribution in [0.1, 0.15) is 32.6 Å². The predicted molar refractivity (Wildman–Crippen MR) is 52.8 cm³/mol. The van der Waals surface area contributed by atoms with E-state index >= 15 is 0 Å². The Morgan fingerprint density at radius 1 is 1.62 bits per heavy atom. The summed E-state index contributed by atoms with van der Waals surface area (Å²) in [5, 5.41) is 13.2. The number of nitrogens with one attached hydrogen (secondary N) is 1. The van der Waals surface area contributed by atoms with Crippen molar-refractivity contribution in [2.75, 3.05) is 20.2 Å². The van der Waals surface area contributed by atoms with Crippen LogP contribution in [0, 0.1) is 0 Å². The van der Waals surface area contributed by atoms with Crippen LogP contribution in [-0.2, 0) is 4.74 Å². The molecule has 2 unspecified atom stereocenters. The Balaban J connectivity index is 2.39. The molecule has 3 heteroatoms. The van der Waals surface area contributed by atoms with E-state index in [9.17, 15) is 5.11 Å². The standard InChI is InChI=1S/C10H21NO2/c1-3-4-9-7-10(12,8-11-2)5-6-13-9/h9,11-12H,3-8H2,1-2H3. The zero-order valence-electron chi connectivity index (χ0n) is 8.68. The number of aliphatic hydroxyl groups is 1. The van der Waals surface area contributed by atoms with Gasteiger partial charge in [0.2, 0.25) is 0 Å². The van der Waals surface area contributed by atoms with E-state index in [1.165, 1.54) is 0 Å². The molecule has 0 aromatic heterocycles. The van der Waals surface area contributed by atoms with Crippen LogP contribution < -0.4 is 5.32 Å². The first-order valence-electron chi connectivity index (χ1n) is 5.19. The molecule has 13 heavy (non-hydrogen) atoms. The minimum atomic E-state index is -0.535. The van der Waals surface area contributed by atoms with Crippen molar-refractivity contribution in [2.45, 2.75) is 44.3 Å². The molecule has 0 aromatic carbocycles. The summed E-state index contributed by atoms with van der Waals surface area (Å²) in [6.07, 6.45) is 3.99. The maximum atomic E-state index is 10.1. The highest BCUT2D eigenvalue weighted by Crippen LogP contribution is 2.26. The van der Waals surface area contributed by atoms with Gasteiger partial charge in [0.25, 0.3) is 0 Å². The molecule has 1 saturated heterocycles. The van der Waals surface area contributed by atoms with E-state index in [1.807, 2.05) is 7.05 Å². The van der Waals surface area contributed by atoms with Gasteiger partial charge in [-0.2, -0.15) is 0 Å². The molecule has 1 rings (SSSR count). The van der Waals surface area contributed by atoms with Gasteiger partial charge < -0.3 is 15.2 Å². The normalized spacial score (nSPS) is 34.8. The summed E-state index contributed by atoms with van der Waals surface area (Å²) in [7, 11) is 1.88. The quantitative estimate of drug-likeness (QED) is 0.687. The van der Waals surface area contributed by atoms with Crippen molar-refractivity contribution in [1.29, 1.82) is 0 Å². The second-order valence-electron chi connectivity index (χ2n) is 3.99. The van der Waals surface area contributed by atoms with Crippen LogP contribution in [-0.4, -0.2) is 37.0 Å². The number of hydrogen-bond acceptors (Lipinski definition) is 3. The summed E-state index contributed by atoms with van der Waals surface area (Å²) in [4.78, 5) is 0. The van der Waals surface area contributed by atoms with E-state index in [2.05, 4.69) is 12.2 Å². The van der Waals surface area contributed by atoms with E-state index in [-0.39, 0.29) is 6.10 Å². The molecule has 78 valence electrons. The predicted octanol–water partition coefficient (Wildman–Crippen LogP) is 0.916. The number of rotatable bonds is 4. The largest absolute Gasteiger partial charge is 0.388 e. The third-order valence-corrected chi connectivity index (χ3v) is 2.65. The topological polar surface area (TPSA) is 41.5 Å². The highest BCUT2D eigenvalue weighted by atomic mass is 16.5. The maximum absolute atomic E-state index is 10.1. The Bertz CT molecular complexity index is 146. The highest BCUT2D eigenvalue weighted by Gasteiger charge is 2.33. The fourth-order valence-corrected chi connectivity index (χ4v) is 2.00. The zero-order chi connectivity index (χ0) is 9.73. The molecule has 0 radical (unpaired) electrons. The molecule has 0 amide bonds. The molecule has 1 aliphatic rings. The molecule has 2 N–H and O–H groups in total. The smallest absolute Gasteiger partial charge is 0.0818 e. The molecule has 1 fully saturated rings. The van der Waals surface area contributed by atoms with E-state index in [0.29, 0.717) is 13.2 Å². The summed E-state index contributed by atoms with van der Waals surface area (Å²) in [6.45, 7) is 3.52.